The van der Waals surface area contributed by atoms with Gasteiger partial charge in [-0.3, -0.25) is 14.2 Å². The van der Waals surface area contributed by atoms with Crippen LogP contribution in [0.1, 0.15) is 181 Å². The monoisotopic (exact) mass is 836 g/mol. The molecular formula is C48H86NO8P. The van der Waals surface area contributed by atoms with Gasteiger partial charge in [0.25, 0.3) is 7.82 Å². The fourth-order valence-electron chi connectivity index (χ4n) is 5.93. The lowest BCUT2D eigenvalue weighted by Gasteiger charge is -2.28. The molecule has 0 saturated carbocycles. The van der Waals surface area contributed by atoms with Gasteiger partial charge < -0.3 is 27.9 Å². The lowest BCUT2D eigenvalue weighted by Crippen LogP contribution is -2.37. The van der Waals surface area contributed by atoms with Crippen molar-refractivity contribution in [2.24, 2.45) is 0 Å². The van der Waals surface area contributed by atoms with E-state index < -0.39 is 32.5 Å². The first-order chi connectivity index (χ1) is 28.0. The zero-order valence-corrected chi connectivity index (χ0v) is 38.6. The van der Waals surface area contributed by atoms with E-state index in [1.54, 1.807) is 0 Å². The number of hydrogen-bond donors (Lipinski definition) is 0. The van der Waals surface area contributed by atoms with Gasteiger partial charge in [0.2, 0.25) is 0 Å². The summed E-state index contributed by atoms with van der Waals surface area (Å²) in [6.07, 6.45) is 48.1. The Morgan fingerprint density at radius 1 is 0.552 bits per heavy atom. The Morgan fingerprint density at radius 3 is 1.47 bits per heavy atom. The molecule has 0 heterocycles. The summed E-state index contributed by atoms with van der Waals surface area (Å²) in [6, 6.07) is 0. The van der Waals surface area contributed by atoms with E-state index in [-0.39, 0.29) is 26.1 Å². The van der Waals surface area contributed by atoms with Crippen LogP contribution in [0.15, 0.2) is 60.8 Å². The summed E-state index contributed by atoms with van der Waals surface area (Å²) in [5.41, 5.74) is 0. The van der Waals surface area contributed by atoms with Gasteiger partial charge in [-0.1, -0.05) is 152 Å². The highest BCUT2D eigenvalue weighted by molar-refractivity contribution is 7.45. The summed E-state index contributed by atoms with van der Waals surface area (Å²) in [5.74, 6) is -0.862. The lowest BCUT2D eigenvalue weighted by molar-refractivity contribution is -0.870. The number of carbonyl (C=O) groups excluding carboxylic acids is 2. The minimum Gasteiger partial charge on any atom is -0.756 e. The molecule has 0 fully saturated rings. The van der Waals surface area contributed by atoms with Crippen LogP contribution in [0, 0.1) is 0 Å². The summed E-state index contributed by atoms with van der Waals surface area (Å²) in [6.45, 7) is 4.06. The average molecular weight is 836 g/mol. The highest BCUT2D eigenvalue weighted by atomic mass is 31.2. The molecule has 0 bridgehead atoms. The molecule has 0 N–H and O–H groups in total. The van der Waals surface area contributed by atoms with Crippen molar-refractivity contribution in [2.75, 3.05) is 47.5 Å². The van der Waals surface area contributed by atoms with Gasteiger partial charge >= 0.3 is 11.9 Å². The summed E-state index contributed by atoms with van der Waals surface area (Å²) in [7, 11) is 1.14. The topological polar surface area (TPSA) is 111 Å². The molecule has 336 valence electrons. The van der Waals surface area contributed by atoms with Crippen LogP contribution in [0.25, 0.3) is 0 Å². The first-order valence-electron chi connectivity index (χ1n) is 23.0. The summed E-state index contributed by atoms with van der Waals surface area (Å²) < 4.78 is 33.9. The largest absolute Gasteiger partial charge is 0.756 e. The second-order valence-corrected chi connectivity index (χ2v) is 17.8. The molecule has 0 aliphatic heterocycles. The molecule has 0 radical (unpaired) electrons. The highest BCUT2D eigenvalue weighted by Gasteiger charge is 2.21. The predicted molar refractivity (Wildman–Crippen MR) is 240 cm³/mol. The number of phosphoric ester groups is 1. The Hall–Kier alpha value is -2.29. The number of carbonyl (C=O) groups is 2. The minimum atomic E-state index is -4.63. The third-order valence-electron chi connectivity index (χ3n) is 9.52. The standard InChI is InChI=1S/C48H86NO8P/c1-6-8-10-12-14-16-18-20-22-23-24-25-27-28-30-32-34-36-38-40-47(50)54-44-46(45-56-58(52,53)55-43-42-49(3,4)5)57-48(51)41-39-37-35-33-31-29-26-21-19-17-15-13-11-9-7-2/h9,11,14-17,20-22,26,46H,6-8,10,12-13,18-19,23-25,27-45H2,1-5H3/b11-9+,16-14+,17-15+,22-20+,26-21+/t46-/m1/s1. The van der Waals surface area contributed by atoms with Crippen LogP contribution in [0.4, 0.5) is 0 Å². The summed E-state index contributed by atoms with van der Waals surface area (Å²) in [4.78, 5) is 37.6. The van der Waals surface area contributed by atoms with Crippen molar-refractivity contribution in [2.45, 2.75) is 187 Å². The first kappa shape index (κ1) is 55.7. The summed E-state index contributed by atoms with van der Waals surface area (Å²) in [5, 5.41) is 0. The zero-order chi connectivity index (χ0) is 42.8. The molecule has 0 amide bonds. The number of allylic oxidation sites excluding steroid dienone is 10. The maximum absolute atomic E-state index is 12.7. The van der Waals surface area contributed by atoms with Crippen molar-refractivity contribution >= 4 is 19.8 Å². The molecule has 0 rings (SSSR count). The molecule has 0 aliphatic rings. The Bertz CT molecular complexity index is 1170. The van der Waals surface area contributed by atoms with Crippen LogP contribution >= 0.6 is 7.82 Å². The number of rotatable bonds is 41. The second kappa shape index (κ2) is 40.1. The maximum atomic E-state index is 12.7. The second-order valence-electron chi connectivity index (χ2n) is 16.4. The molecule has 1 unspecified atom stereocenters. The predicted octanol–water partition coefficient (Wildman–Crippen LogP) is 12.6. The van der Waals surface area contributed by atoms with Crippen LogP contribution in [-0.2, 0) is 32.7 Å². The zero-order valence-electron chi connectivity index (χ0n) is 37.7. The van der Waals surface area contributed by atoms with E-state index >= 15 is 0 Å². The number of esters is 2. The van der Waals surface area contributed by atoms with Crippen molar-refractivity contribution in [1.82, 2.24) is 0 Å². The molecule has 0 aromatic rings. The molecule has 0 aromatic heterocycles. The molecule has 58 heavy (non-hydrogen) atoms. The van der Waals surface area contributed by atoms with Gasteiger partial charge in [0.15, 0.2) is 6.10 Å². The highest BCUT2D eigenvalue weighted by Crippen LogP contribution is 2.38. The Balaban J connectivity index is 4.34. The van der Waals surface area contributed by atoms with Gasteiger partial charge in [0.05, 0.1) is 27.7 Å². The van der Waals surface area contributed by atoms with E-state index in [1.807, 2.05) is 21.1 Å². The Labute approximate surface area is 356 Å². The van der Waals surface area contributed by atoms with Crippen LogP contribution < -0.4 is 4.89 Å². The van der Waals surface area contributed by atoms with Gasteiger partial charge in [-0.2, -0.15) is 0 Å². The van der Waals surface area contributed by atoms with E-state index in [1.165, 1.54) is 57.8 Å². The fourth-order valence-corrected chi connectivity index (χ4v) is 6.66. The minimum absolute atomic E-state index is 0.0376. The molecule has 0 spiro atoms. The van der Waals surface area contributed by atoms with Gasteiger partial charge in [-0.25, -0.2) is 0 Å². The third kappa shape index (κ3) is 43.3. The SMILES string of the molecule is CC/C=C/C/C=C/C/C=C/CCCCCCCC(=O)O[C@H](COC(=O)CCCCCCCCCCC/C=C/C/C=C/CCCCC)COP(=O)([O-])OCC[N+](C)(C)C. The van der Waals surface area contributed by atoms with Crippen LogP contribution in [0.3, 0.4) is 0 Å². The van der Waals surface area contributed by atoms with E-state index in [9.17, 15) is 19.0 Å². The number of nitrogens with zero attached hydrogens (tertiary/aromatic N) is 1. The van der Waals surface area contributed by atoms with Crippen LogP contribution in [0.5, 0.6) is 0 Å². The Kier molecular flexibility index (Phi) is 38.5. The van der Waals surface area contributed by atoms with E-state index in [4.69, 9.17) is 18.5 Å². The molecular weight excluding hydrogens is 750 g/mol. The average Bonchev–Trinajstić information content (AvgIpc) is 3.17. The number of unbranched alkanes of at least 4 members (excludes halogenated alkanes) is 17. The third-order valence-corrected chi connectivity index (χ3v) is 10.5. The van der Waals surface area contributed by atoms with Crippen LogP contribution in [0.2, 0.25) is 0 Å². The molecule has 9 nitrogen and oxygen atoms in total. The maximum Gasteiger partial charge on any atom is 0.306 e. The molecule has 0 aromatic carbocycles. The van der Waals surface area contributed by atoms with Gasteiger partial charge in [-0.05, 0) is 77.0 Å². The number of likely N-dealkylation sites (N-methyl/N-ethyl adjacent to an activating group) is 1. The van der Waals surface area contributed by atoms with E-state index in [2.05, 4.69) is 74.6 Å². The van der Waals surface area contributed by atoms with E-state index in [0.717, 1.165) is 89.9 Å². The van der Waals surface area contributed by atoms with Crippen molar-refractivity contribution in [1.29, 1.82) is 0 Å². The molecule has 0 aliphatic carbocycles. The van der Waals surface area contributed by atoms with Crippen LogP contribution in [-0.4, -0.2) is 70.0 Å². The number of ether oxygens (including phenoxy) is 2. The number of quaternary nitrogens is 1. The first-order valence-corrected chi connectivity index (χ1v) is 24.5. The van der Waals surface area contributed by atoms with Crippen molar-refractivity contribution in [3.05, 3.63) is 60.8 Å². The molecule has 10 heteroatoms. The smallest absolute Gasteiger partial charge is 0.306 e. The molecule has 0 saturated heterocycles. The Morgan fingerprint density at radius 2 is 0.983 bits per heavy atom. The number of hydrogen-bond acceptors (Lipinski definition) is 8. The van der Waals surface area contributed by atoms with Crippen molar-refractivity contribution in [3.8, 4) is 0 Å². The number of phosphoric acid groups is 1. The quantitative estimate of drug-likeness (QED) is 0.0197. The van der Waals surface area contributed by atoms with Gasteiger partial charge in [0.1, 0.15) is 19.8 Å². The lowest BCUT2D eigenvalue weighted by atomic mass is 10.1. The molecule has 2 atom stereocenters. The van der Waals surface area contributed by atoms with Gasteiger partial charge in [0, 0.05) is 12.8 Å². The van der Waals surface area contributed by atoms with Crippen molar-refractivity contribution in [3.63, 3.8) is 0 Å². The normalized spacial score (nSPS) is 14.1. The van der Waals surface area contributed by atoms with Gasteiger partial charge in [-0.15, -0.1) is 0 Å². The van der Waals surface area contributed by atoms with Crippen molar-refractivity contribution < 1.29 is 42.1 Å². The van der Waals surface area contributed by atoms with E-state index in [0.29, 0.717) is 17.4 Å². The fraction of sp³-hybridized carbons (Fsp3) is 0.750. The summed E-state index contributed by atoms with van der Waals surface area (Å²) >= 11 is 0.